The molecule has 0 spiro atoms. The number of amides is 1. The SMILES string of the molecule is CCn1ccnc1[C@@H]1CCCN(C(=O)CCc2ccc(O)cc2)C1. The van der Waals surface area contributed by atoms with Gasteiger partial charge >= 0.3 is 0 Å². The Bertz CT molecular complexity index is 678. The van der Waals surface area contributed by atoms with Crippen LogP contribution >= 0.6 is 0 Å². The van der Waals surface area contributed by atoms with Gasteiger partial charge in [0.05, 0.1) is 0 Å². The lowest BCUT2D eigenvalue weighted by Crippen LogP contribution is -2.39. The molecule has 1 fully saturated rings. The van der Waals surface area contributed by atoms with Crippen molar-refractivity contribution < 1.29 is 9.90 Å². The van der Waals surface area contributed by atoms with E-state index in [0.29, 0.717) is 18.8 Å². The lowest BCUT2D eigenvalue weighted by Gasteiger charge is -2.32. The van der Waals surface area contributed by atoms with Gasteiger partial charge in [0.2, 0.25) is 5.91 Å². The largest absolute Gasteiger partial charge is 0.508 e. The van der Waals surface area contributed by atoms with E-state index in [2.05, 4.69) is 16.5 Å². The number of piperidine rings is 1. The highest BCUT2D eigenvalue weighted by Gasteiger charge is 2.26. The van der Waals surface area contributed by atoms with E-state index in [9.17, 15) is 9.90 Å². The molecule has 0 saturated carbocycles. The summed E-state index contributed by atoms with van der Waals surface area (Å²) in [6.45, 7) is 4.65. The zero-order valence-electron chi connectivity index (χ0n) is 14.2. The zero-order chi connectivity index (χ0) is 16.9. The van der Waals surface area contributed by atoms with Crippen molar-refractivity contribution in [3.05, 3.63) is 48.0 Å². The van der Waals surface area contributed by atoms with Gasteiger partial charge in [0, 0.05) is 44.4 Å². The maximum Gasteiger partial charge on any atom is 0.222 e. The first-order valence-electron chi connectivity index (χ1n) is 8.74. The Kier molecular flexibility index (Phi) is 5.18. The van der Waals surface area contributed by atoms with Crippen LogP contribution < -0.4 is 0 Å². The number of benzene rings is 1. The second kappa shape index (κ2) is 7.51. The van der Waals surface area contributed by atoms with Crippen LogP contribution in [0.4, 0.5) is 0 Å². The Morgan fingerprint density at radius 2 is 2.12 bits per heavy atom. The Morgan fingerprint density at radius 1 is 1.33 bits per heavy atom. The minimum atomic E-state index is 0.211. The molecule has 1 aliphatic rings. The highest BCUT2D eigenvalue weighted by Crippen LogP contribution is 2.26. The van der Waals surface area contributed by atoms with Gasteiger partial charge in [-0.2, -0.15) is 0 Å². The fraction of sp³-hybridized carbons (Fsp3) is 0.474. The Labute approximate surface area is 142 Å². The molecule has 24 heavy (non-hydrogen) atoms. The van der Waals surface area contributed by atoms with Gasteiger partial charge in [-0.05, 0) is 43.9 Å². The number of hydrogen-bond acceptors (Lipinski definition) is 3. The summed E-state index contributed by atoms with van der Waals surface area (Å²) in [5, 5.41) is 9.32. The summed E-state index contributed by atoms with van der Waals surface area (Å²) in [7, 11) is 0. The highest BCUT2D eigenvalue weighted by atomic mass is 16.3. The third-order valence-corrected chi connectivity index (χ3v) is 4.79. The van der Waals surface area contributed by atoms with E-state index >= 15 is 0 Å². The molecule has 2 aromatic rings. The van der Waals surface area contributed by atoms with Gasteiger partial charge < -0.3 is 14.6 Å². The number of phenols is 1. The fourth-order valence-electron chi connectivity index (χ4n) is 3.43. The molecule has 1 aromatic carbocycles. The predicted molar refractivity (Wildman–Crippen MR) is 92.9 cm³/mol. The molecule has 1 N–H and O–H groups in total. The normalized spacial score (nSPS) is 17.9. The first-order chi connectivity index (χ1) is 11.7. The van der Waals surface area contributed by atoms with Gasteiger partial charge in [0.15, 0.2) is 0 Å². The van der Waals surface area contributed by atoms with Crippen molar-refractivity contribution in [1.29, 1.82) is 0 Å². The molecule has 5 nitrogen and oxygen atoms in total. The van der Waals surface area contributed by atoms with Crippen LogP contribution in [-0.4, -0.2) is 38.6 Å². The third-order valence-electron chi connectivity index (χ3n) is 4.79. The average Bonchev–Trinajstić information content (AvgIpc) is 3.10. The van der Waals surface area contributed by atoms with Crippen LogP contribution in [-0.2, 0) is 17.8 Å². The smallest absolute Gasteiger partial charge is 0.222 e. The topological polar surface area (TPSA) is 58.4 Å². The number of aryl methyl sites for hydroxylation is 2. The average molecular weight is 327 g/mol. The van der Waals surface area contributed by atoms with Crippen molar-refractivity contribution >= 4 is 5.91 Å². The van der Waals surface area contributed by atoms with Crippen molar-refractivity contribution in [2.75, 3.05) is 13.1 Å². The van der Waals surface area contributed by atoms with Gasteiger partial charge in [-0.3, -0.25) is 4.79 Å². The van der Waals surface area contributed by atoms with E-state index in [1.807, 2.05) is 29.4 Å². The van der Waals surface area contributed by atoms with Crippen LogP contribution in [0.25, 0.3) is 0 Å². The molecule has 2 heterocycles. The maximum absolute atomic E-state index is 12.6. The molecule has 0 aliphatic carbocycles. The predicted octanol–water partition coefficient (Wildman–Crippen LogP) is 2.95. The van der Waals surface area contributed by atoms with Crippen molar-refractivity contribution in [3.63, 3.8) is 0 Å². The first kappa shape index (κ1) is 16.6. The lowest BCUT2D eigenvalue weighted by molar-refractivity contribution is -0.132. The summed E-state index contributed by atoms with van der Waals surface area (Å²) in [6.07, 6.45) is 7.22. The minimum Gasteiger partial charge on any atom is -0.508 e. The lowest BCUT2D eigenvalue weighted by atomic mass is 9.96. The summed E-state index contributed by atoms with van der Waals surface area (Å²) < 4.78 is 2.18. The molecule has 0 radical (unpaired) electrons. The van der Waals surface area contributed by atoms with E-state index in [0.717, 1.165) is 43.9 Å². The van der Waals surface area contributed by atoms with Crippen LogP contribution in [0.2, 0.25) is 0 Å². The summed E-state index contributed by atoms with van der Waals surface area (Å²) in [5.41, 5.74) is 1.08. The van der Waals surface area contributed by atoms with Crippen LogP contribution in [0.1, 0.15) is 43.5 Å². The van der Waals surface area contributed by atoms with E-state index in [-0.39, 0.29) is 11.7 Å². The summed E-state index contributed by atoms with van der Waals surface area (Å²) >= 11 is 0. The number of carbonyl (C=O) groups excluding carboxylic acids is 1. The minimum absolute atomic E-state index is 0.211. The van der Waals surface area contributed by atoms with Crippen molar-refractivity contribution in [2.45, 2.75) is 45.1 Å². The van der Waals surface area contributed by atoms with Crippen LogP contribution in [0.3, 0.4) is 0 Å². The van der Waals surface area contributed by atoms with Gasteiger partial charge in [-0.25, -0.2) is 4.98 Å². The number of carbonyl (C=O) groups is 1. The fourth-order valence-corrected chi connectivity index (χ4v) is 3.43. The molecule has 0 bridgehead atoms. The third kappa shape index (κ3) is 3.78. The quantitative estimate of drug-likeness (QED) is 0.918. The van der Waals surface area contributed by atoms with E-state index < -0.39 is 0 Å². The number of imidazole rings is 1. The van der Waals surface area contributed by atoms with E-state index in [1.165, 1.54) is 0 Å². The molecule has 128 valence electrons. The highest BCUT2D eigenvalue weighted by molar-refractivity contribution is 5.76. The van der Waals surface area contributed by atoms with Gasteiger partial charge in [0.25, 0.3) is 0 Å². The van der Waals surface area contributed by atoms with E-state index in [1.54, 1.807) is 12.1 Å². The second-order valence-electron chi connectivity index (χ2n) is 6.42. The van der Waals surface area contributed by atoms with E-state index in [4.69, 9.17) is 0 Å². The monoisotopic (exact) mass is 327 g/mol. The van der Waals surface area contributed by atoms with Crippen molar-refractivity contribution in [2.24, 2.45) is 0 Å². The molecule has 1 aromatic heterocycles. The first-order valence-corrected chi connectivity index (χ1v) is 8.74. The number of nitrogens with zero attached hydrogens (tertiary/aromatic N) is 3. The van der Waals surface area contributed by atoms with Crippen LogP contribution in [0.15, 0.2) is 36.7 Å². The van der Waals surface area contributed by atoms with Gasteiger partial charge in [0.1, 0.15) is 11.6 Å². The van der Waals surface area contributed by atoms with Crippen molar-refractivity contribution in [3.8, 4) is 5.75 Å². The molecule has 1 amide bonds. The van der Waals surface area contributed by atoms with Crippen molar-refractivity contribution in [1.82, 2.24) is 14.5 Å². The maximum atomic E-state index is 12.6. The molecule has 1 atom stereocenters. The standard InChI is InChI=1S/C19H25N3O2/c1-2-21-13-11-20-19(21)16-4-3-12-22(14-16)18(24)10-7-15-5-8-17(23)9-6-15/h5-6,8-9,11,13,16,23H,2-4,7,10,12,14H2,1H3/t16-/m1/s1. The van der Waals surface area contributed by atoms with Crippen LogP contribution in [0, 0.1) is 0 Å². The van der Waals surface area contributed by atoms with Crippen LogP contribution in [0.5, 0.6) is 5.75 Å². The zero-order valence-corrected chi connectivity index (χ0v) is 14.2. The number of likely N-dealkylation sites (tertiary alicyclic amines) is 1. The number of phenolic OH excluding ortho intramolecular Hbond substituents is 1. The molecule has 1 aliphatic heterocycles. The molecule has 3 rings (SSSR count). The number of hydrogen-bond donors (Lipinski definition) is 1. The van der Waals surface area contributed by atoms with Gasteiger partial charge in [-0.15, -0.1) is 0 Å². The second-order valence-corrected chi connectivity index (χ2v) is 6.42. The summed E-state index contributed by atoms with van der Waals surface area (Å²) in [6, 6.07) is 7.09. The molecule has 5 heteroatoms. The number of aromatic nitrogens is 2. The Morgan fingerprint density at radius 3 is 2.88 bits per heavy atom. The summed E-state index contributed by atoms with van der Waals surface area (Å²) in [4.78, 5) is 19.1. The summed E-state index contributed by atoms with van der Waals surface area (Å²) in [5.74, 6) is 1.91. The molecule has 1 saturated heterocycles. The number of rotatable bonds is 5. The molecular weight excluding hydrogens is 302 g/mol. The number of aromatic hydroxyl groups is 1. The molecular formula is C19H25N3O2. The Hall–Kier alpha value is -2.30. The Balaban J connectivity index is 1.58. The van der Waals surface area contributed by atoms with Gasteiger partial charge in [-0.1, -0.05) is 12.1 Å². The molecule has 0 unspecified atom stereocenters.